The van der Waals surface area contributed by atoms with Gasteiger partial charge in [-0.3, -0.25) is 4.79 Å². The van der Waals surface area contributed by atoms with Crippen LogP contribution in [0.2, 0.25) is 0 Å². The summed E-state index contributed by atoms with van der Waals surface area (Å²) in [7, 11) is 1.31. The van der Waals surface area contributed by atoms with Gasteiger partial charge in [-0.25, -0.2) is 4.79 Å². The first-order valence-corrected chi connectivity index (χ1v) is 5.94. The molecule has 104 valence electrons. The van der Waals surface area contributed by atoms with Crippen LogP contribution < -0.4 is 0 Å². The molecule has 1 rings (SSSR count). The number of likely N-dealkylation sites (tertiary alicyclic amines) is 1. The van der Waals surface area contributed by atoms with Crippen LogP contribution in [0, 0.1) is 0 Å². The molecule has 1 aliphatic heterocycles. The Bertz CT molecular complexity index is 291. The van der Waals surface area contributed by atoms with Gasteiger partial charge in [0.25, 0.3) is 0 Å². The third-order valence-corrected chi connectivity index (χ3v) is 2.04. The fraction of sp³-hybridized carbons (Fsp3) is 0.571. The number of carbonyl (C=O) groups excluding carboxylic acids is 2. The third kappa shape index (κ3) is 10.9. The van der Waals surface area contributed by atoms with Gasteiger partial charge in [0, 0.05) is 13.0 Å². The standard InChI is InChI=1S/C6H9NO3.C5H10.C3H6/c1-10-6(9)7-3-2-5(8)4-7;1-4-5(2)3;1-3-2/h2-4H2,1H3;4H,1-3H3;3H,1H2,2H3. The molecule has 18 heavy (non-hydrogen) atoms. The molecule has 4 heteroatoms. The van der Waals surface area contributed by atoms with Crippen LogP contribution in [0.1, 0.15) is 34.1 Å². The van der Waals surface area contributed by atoms with E-state index in [0.29, 0.717) is 13.0 Å². The average Bonchev–Trinajstić information content (AvgIpc) is 2.76. The minimum atomic E-state index is -0.411. The average molecular weight is 255 g/mol. The maximum Gasteiger partial charge on any atom is 0.409 e. The molecule has 0 saturated carbocycles. The zero-order chi connectivity index (χ0) is 14.6. The monoisotopic (exact) mass is 255 g/mol. The van der Waals surface area contributed by atoms with Crippen LogP contribution in [0.4, 0.5) is 4.79 Å². The molecule has 0 N–H and O–H groups in total. The summed E-state index contributed by atoms with van der Waals surface area (Å²) in [5.41, 5.74) is 1.38. The predicted molar refractivity (Wildman–Crippen MR) is 74.6 cm³/mol. The van der Waals surface area contributed by atoms with Crippen LogP contribution in [0.5, 0.6) is 0 Å². The second-order valence-electron chi connectivity index (χ2n) is 3.95. The lowest BCUT2D eigenvalue weighted by Gasteiger charge is -2.10. The molecule has 0 aromatic carbocycles. The Morgan fingerprint density at radius 3 is 2.06 bits per heavy atom. The maximum absolute atomic E-state index is 10.7. The zero-order valence-corrected chi connectivity index (χ0v) is 12.2. The van der Waals surface area contributed by atoms with E-state index in [9.17, 15) is 9.59 Å². The number of Topliss-reactive ketones (excluding diaryl/α,β-unsaturated/α-hetero) is 1. The molecule has 0 radical (unpaired) electrons. The molecule has 1 amide bonds. The summed E-state index contributed by atoms with van der Waals surface area (Å²) in [6, 6.07) is 0. The van der Waals surface area contributed by atoms with Gasteiger partial charge in [-0.2, -0.15) is 0 Å². The first kappa shape index (κ1) is 18.8. The predicted octanol–water partition coefficient (Wildman–Crippen LogP) is 3.19. The van der Waals surface area contributed by atoms with E-state index >= 15 is 0 Å². The van der Waals surface area contributed by atoms with Crippen LogP contribution >= 0.6 is 0 Å². The fourth-order valence-electron chi connectivity index (χ4n) is 0.916. The van der Waals surface area contributed by atoms with Gasteiger partial charge in [0.1, 0.15) is 0 Å². The smallest absolute Gasteiger partial charge is 0.409 e. The summed E-state index contributed by atoms with van der Waals surface area (Å²) in [4.78, 5) is 22.7. The van der Waals surface area contributed by atoms with Crippen molar-refractivity contribution >= 4 is 11.9 Å². The molecule has 1 heterocycles. The number of amides is 1. The zero-order valence-electron chi connectivity index (χ0n) is 12.2. The highest BCUT2D eigenvalue weighted by atomic mass is 16.5. The van der Waals surface area contributed by atoms with Crippen molar-refractivity contribution < 1.29 is 14.3 Å². The molecule has 0 atom stereocenters. The van der Waals surface area contributed by atoms with Gasteiger partial charge in [-0.15, -0.1) is 6.58 Å². The number of ketones is 1. The Kier molecular flexibility index (Phi) is 12.4. The van der Waals surface area contributed by atoms with Crippen molar-refractivity contribution in [1.29, 1.82) is 0 Å². The topological polar surface area (TPSA) is 46.6 Å². The van der Waals surface area contributed by atoms with Crippen LogP contribution in [0.25, 0.3) is 0 Å². The van der Waals surface area contributed by atoms with Gasteiger partial charge in [0.05, 0.1) is 13.7 Å². The van der Waals surface area contributed by atoms with E-state index in [4.69, 9.17) is 0 Å². The fourth-order valence-corrected chi connectivity index (χ4v) is 0.916. The van der Waals surface area contributed by atoms with E-state index in [1.807, 2.05) is 13.8 Å². The summed E-state index contributed by atoms with van der Waals surface area (Å²) in [6.07, 6.45) is 3.89. The third-order valence-electron chi connectivity index (χ3n) is 2.04. The lowest BCUT2D eigenvalue weighted by Crippen LogP contribution is -2.28. The van der Waals surface area contributed by atoms with Crippen molar-refractivity contribution in [2.45, 2.75) is 34.1 Å². The van der Waals surface area contributed by atoms with Gasteiger partial charge >= 0.3 is 6.09 Å². The van der Waals surface area contributed by atoms with Crippen LogP contribution in [0.15, 0.2) is 24.3 Å². The number of ether oxygens (including phenoxy) is 1. The summed E-state index contributed by atoms with van der Waals surface area (Å²) < 4.78 is 4.42. The number of allylic oxidation sites excluding steroid dienone is 3. The van der Waals surface area contributed by atoms with E-state index < -0.39 is 6.09 Å². The minimum absolute atomic E-state index is 0.102. The molecule has 0 bridgehead atoms. The van der Waals surface area contributed by atoms with E-state index in [1.54, 1.807) is 6.08 Å². The Morgan fingerprint density at radius 2 is 1.83 bits per heavy atom. The second kappa shape index (κ2) is 11.9. The van der Waals surface area contributed by atoms with Gasteiger partial charge in [-0.05, 0) is 27.7 Å². The minimum Gasteiger partial charge on any atom is -0.453 e. The molecule has 4 nitrogen and oxygen atoms in total. The van der Waals surface area contributed by atoms with Crippen molar-refractivity contribution in [2.24, 2.45) is 0 Å². The molecule has 1 saturated heterocycles. The largest absolute Gasteiger partial charge is 0.453 e. The molecule has 0 spiro atoms. The lowest BCUT2D eigenvalue weighted by atomic mass is 10.3. The van der Waals surface area contributed by atoms with Crippen LogP contribution in [-0.2, 0) is 9.53 Å². The summed E-state index contributed by atoms with van der Waals surface area (Å²) in [6.45, 7) is 12.2. The Balaban J connectivity index is 0. The number of hydrogen-bond acceptors (Lipinski definition) is 3. The van der Waals surface area contributed by atoms with Crippen molar-refractivity contribution in [1.82, 2.24) is 4.90 Å². The first-order chi connectivity index (χ1) is 8.42. The molecule has 0 aromatic rings. The summed E-state index contributed by atoms with van der Waals surface area (Å²) in [5.74, 6) is 0.102. The highest BCUT2D eigenvalue weighted by molar-refractivity contribution is 5.87. The van der Waals surface area contributed by atoms with E-state index in [1.165, 1.54) is 17.6 Å². The van der Waals surface area contributed by atoms with Gasteiger partial charge in [-0.1, -0.05) is 17.7 Å². The number of methoxy groups -OCH3 is 1. The normalized spacial score (nSPS) is 12.5. The second-order valence-corrected chi connectivity index (χ2v) is 3.95. The number of rotatable bonds is 0. The molecule has 0 aromatic heterocycles. The van der Waals surface area contributed by atoms with Gasteiger partial charge in [0.15, 0.2) is 5.78 Å². The van der Waals surface area contributed by atoms with Crippen LogP contribution in [0.3, 0.4) is 0 Å². The van der Waals surface area contributed by atoms with Gasteiger partial charge < -0.3 is 9.64 Å². The quantitative estimate of drug-likeness (QED) is 0.624. The first-order valence-electron chi connectivity index (χ1n) is 5.94. The van der Waals surface area contributed by atoms with Crippen molar-refractivity contribution in [3.8, 4) is 0 Å². The van der Waals surface area contributed by atoms with Crippen molar-refractivity contribution in [2.75, 3.05) is 20.2 Å². The Labute approximate surface area is 110 Å². The van der Waals surface area contributed by atoms with E-state index in [-0.39, 0.29) is 12.3 Å². The maximum atomic E-state index is 10.7. The summed E-state index contributed by atoms with van der Waals surface area (Å²) in [5, 5.41) is 0. The molecule has 1 fully saturated rings. The molecular weight excluding hydrogens is 230 g/mol. The Hall–Kier alpha value is -1.58. The summed E-state index contributed by atoms with van der Waals surface area (Å²) >= 11 is 0. The van der Waals surface area contributed by atoms with Crippen LogP contribution in [-0.4, -0.2) is 37.0 Å². The Morgan fingerprint density at radius 1 is 1.39 bits per heavy atom. The highest BCUT2D eigenvalue weighted by Gasteiger charge is 2.23. The number of nitrogens with zero attached hydrogens (tertiary/aromatic N) is 1. The number of hydrogen-bond donors (Lipinski definition) is 0. The van der Waals surface area contributed by atoms with E-state index in [0.717, 1.165) is 0 Å². The SMILES string of the molecule is C=CC.CC=C(C)C.COC(=O)N1CCC(=O)C1. The van der Waals surface area contributed by atoms with Crippen molar-refractivity contribution in [3.63, 3.8) is 0 Å². The van der Waals surface area contributed by atoms with Gasteiger partial charge in [0.2, 0.25) is 0 Å². The molecule has 0 aliphatic carbocycles. The molecule has 1 aliphatic rings. The van der Waals surface area contributed by atoms with Crippen molar-refractivity contribution in [3.05, 3.63) is 24.3 Å². The molecular formula is C14H25NO3. The lowest BCUT2D eigenvalue weighted by molar-refractivity contribution is -0.116. The highest BCUT2D eigenvalue weighted by Crippen LogP contribution is 2.04. The molecule has 0 unspecified atom stereocenters. The number of carbonyl (C=O) groups is 2. The van der Waals surface area contributed by atoms with E-state index in [2.05, 4.69) is 31.2 Å².